The molecule has 1 aromatic heterocycles. The molecule has 0 spiro atoms. The van der Waals surface area contributed by atoms with Gasteiger partial charge in [0.1, 0.15) is 11.4 Å². The monoisotopic (exact) mass is 271 g/mol. The third-order valence-electron chi connectivity index (χ3n) is 3.77. The van der Waals surface area contributed by atoms with Gasteiger partial charge in [0, 0.05) is 31.2 Å². The van der Waals surface area contributed by atoms with Gasteiger partial charge in [-0.25, -0.2) is 0 Å². The van der Waals surface area contributed by atoms with Crippen LogP contribution in [0, 0.1) is 0 Å². The van der Waals surface area contributed by atoms with Crippen LogP contribution >= 0.6 is 0 Å². The fourth-order valence-corrected chi connectivity index (χ4v) is 2.36. The zero-order chi connectivity index (χ0) is 13.8. The van der Waals surface area contributed by atoms with Gasteiger partial charge in [-0.2, -0.15) is 15.4 Å². The summed E-state index contributed by atoms with van der Waals surface area (Å²) in [5, 5.41) is 14.7. The molecule has 106 valence electrons. The van der Waals surface area contributed by atoms with E-state index in [1.54, 1.807) is 0 Å². The Kier molecular flexibility index (Phi) is 4.08. The van der Waals surface area contributed by atoms with E-state index >= 15 is 0 Å². The summed E-state index contributed by atoms with van der Waals surface area (Å²) in [7, 11) is 2.20. The van der Waals surface area contributed by atoms with E-state index in [1.807, 2.05) is 18.2 Å². The first-order valence-corrected chi connectivity index (χ1v) is 7.20. The van der Waals surface area contributed by atoms with Crippen LogP contribution in [0.15, 0.2) is 30.3 Å². The van der Waals surface area contributed by atoms with Gasteiger partial charge in [0.2, 0.25) is 0 Å². The zero-order valence-electron chi connectivity index (χ0n) is 11.8. The molecule has 0 atom stereocenters. The second kappa shape index (κ2) is 6.15. The molecule has 0 bridgehead atoms. The van der Waals surface area contributed by atoms with E-state index in [1.165, 1.54) is 12.8 Å². The number of H-pyrrole nitrogens is 1. The lowest BCUT2D eigenvalue weighted by Gasteiger charge is -2.15. The summed E-state index contributed by atoms with van der Waals surface area (Å²) in [6, 6.07) is 11.0. The van der Waals surface area contributed by atoms with E-state index in [0.717, 1.165) is 42.6 Å². The molecule has 20 heavy (non-hydrogen) atoms. The summed E-state index contributed by atoms with van der Waals surface area (Å²) in [4.78, 5) is 2.42. The average Bonchev–Trinajstić information content (AvgIpc) is 3.23. The summed E-state index contributed by atoms with van der Waals surface area (Å²) >= 11 is 0. The van der Waals surface area contributed by atoms with Crippen molar-refractivity contribution >= 4 is 0 Å². The van der Waals surface area contributed by atoms with E-state index in [0.29, 0.717) is 0 Å². The molecule has 1 fully saturated rings. The molecule has 5 nitrogen and oxygen atoms in total. The minimum atomic E-state index is 0.749. The fraction of sp³-hybridized carbons (Fsp3) is 0.467. The van der Waals surface area contributed by atoms with Crippen LogP contribution in [0.4, 0.5) is 0 Å². The second-order valence-corrected chi connectivity index (χ2v) is 5.37. The van der Waals surface area contributed by atoms with Crippen molar-refractivity contribution in [2.45, 2.75) is 25.4 Å². The van der Waals surface area contributed by atoms with E-state index in [2.05, 4.69) is 44.8 Å². The van der Waals surface area contributed by atoms with Crippen LogP contribution in [0.1, 0.15) is 18.5 Å². The maximum Gasteiger partial charge on any atom is 0.117 e. The van der Waals surface area contributed by atoms with Crippen molar-refractivity contribution in [1.82, 2.24) is 25.6 Å². The summed E-state index contributed by atoms with van der Waals surface area (Å²) in [5.41, 5.74) is 3.02. The highest BCUT2D eigenvalue weighted by Gasteiger charge is 2.25. The largest absolute Gasteiger partial charge is 0.310 e. The molecule has 1 aliphatic rings. The molecular formula is C15H21N5. The van der Waals surface area contributed by atoms with Gasteiger partial charge >= 0.3 is 0 Å². The van der Waals surface area contributed by atoms with Gasteiger partial charge in [-0.15, -0.1) is 0 Å². The van der Waals surface area contributed by atoms with Gasteiger partial charge < -0.3 is 10.2 Å². The summed E-state index contributed by atoms with van der Waals surface area (Å²) in [6.07, 6.45) is 2.72. The minimum Gasteiger partial charge on any atom is -0.310 e. The Morgan fingerprint density at radius 2 is 2.05 bits per heavy atom. The third kappa shape index (κ3) is 3.23. The standard InChI is InChI=1S/C15H21N5/c1-20(13-7-8-13)10-9-16-11-14-15(18-19-17-14)12-5-3-2-4-6-12/h2-6,13,16H,7-11H2,1H3,(H,17,18,19). The van der Waals surface area contributed by atoms with Gasteiger partial charge in [-0.05, 0) is 19.9 Å². The van der Waals surface area contributed by atoms with Crippen molar-refractivity contribution in [3.05, 3.63) is 36.0 Å². The SMILES string of the molecule is CN(CCNCc1n[nH]nc1-c1ccccc1)C1CC1. The Labute approximate surface area is 119 Å². The molecule has 0 unspecified atom stereocenters. The van der Waals surface area contributed by atoms with Crippen LogP contribution in [0.3, 0.4) is 0 Å². The molecule has 0 radical (unpaired) electrons. The highest BCUT2D eigenvalue weighted by atomic mass is 15.3. The predicted molar refractivity (Wildman–Crippen MR) is 79.2 cm³/mol. The number of rotatable bonds is 7. The van der Waals surface area contributed by atoms with Crippen LogP contribution in [-0.2, 0) is 6.54 Å². The normalized spacial score (nSPS) is 14.9. The average molecular weight is 271 g/mol. The van der Waals surface area contributed by atoms with Crippen molar-refractivity contribution in [1.29, 1.82) is 0 Å². The molecule has 5 heteroatoms. The Morgan fingerprint density at radius 1 is 1.25 bits per heavy atom. The predicted octanol–water partition coefficient (Wildman–Crippen LogP) is 1.66. The quantitative estimate of drug-likeness (QED) is 0.752. The number of hydrogen-bond donors (Lipinski definition) is 2. The molecule has 3 rings (SSSR count). The second-order valence-electron chi connectivity index (χ2n) is 5.37. The Bertz CT molecular complexity index is 532. The summed E-state index contributed by atoms with van der Waals surface area (Å²) in [5.74, 6) is 0. The first-order chi connectivity index (χ1) is 9.84. The van der Waals surface area contributed by atoms with E-state index in [-0.39, 0.29) is 0 Å². The topological polar surface area (TPSA) is 56.8 Å². The minimum absolute atomic E-state index is 0.749. The first-order valence-electron chi connectivity index (χ1n) is 7.20. The number of nitrogens with zero attached hydrogens (tertiary/aromatic N) is 3. The molecule has 0 saturated heterocycles. The van der Waals surface area contributed by atoms with Crippen LogP contribution < -0.4 is 5.32 Å². The van der Waals surface area contributed by atoms with Gasteiger partial charge in [-0.3, -0.25) is 0 Å². The van der Waals surface area contributed by atoms with Crippen LogP contribution in [0.5, 0.6) is 0 Å². The van der Waals surface area contributed by atoms with E-state index < -0.39 is 0 Å². The van der Waals surface area contributed by atoms with Crippen molar-refractivity contribution in [3.63, 3.8) is 0 Å². The molecule has 1 saturated carbocycles. The molecule has 1 aromatic carbocycles. The van der Waals surface area contributed by atoms with Gasteiger partial charge in [0.25, 0.3) is 0 Å². The Morgan fingerprint density at radius 3 is 2.80 bits per heavy atom. The Balaban J connectivity index is 1.52. The zero-order valence-corrected chi connectivity index (χ0v) is 11.8. The van der Waals surface area contributed by atoms with Crippen LogP contribution in [-0.4, -0.2) is 46.5 Å². The van der Waals surface area contributed by atoms with Gasteiger partial charge in [0.15, 0.2) is 0 Å². The lowest BCUT2D eigenvalue weighted by Crippen LogP contribution is -2.30. The van der Waals surface area contributed by atoms with Crippen molar-refractivity contribution in [2.24, 2.45) is 0 Å². The molecule has 1 aliphatic carbocycles. The number of likely N-dealkylation sites (N-methyl/N-ethyl adjacent to an activating group) is 1. The lowest BCUT2D eigenvalue weighted by molar-refractivity contribution is 0.321. The molecule has 0 aliphatic heterocycles. The third-order valence-corrected chi connectivity index (χ3v) is 3.77. The Hall–Kier alpha value is -1.72. The van der Waals surface area contributed by atoms with E-state index in [4.69, 9.17) is 0 Å². The summed E-state index contributed by atoms with van der Waals surface area (Å²) in [6.45, 7) is 2.82. The molecule has 1 heterocycles. The van der Waals surface area contributed by atoms with Crippen molar-refractivity contribution < 1.29 is 0 Å². The van der Waals surface area contributed by atoms with Gasteiger partial charge in [0.05, 0.1) is 0 Å². The van der Waals surface area contributed by atoms with Gasteiger partial charge in [-0.1, -0.05) is 30.3 Å². The number of benzene rings is 1. The number of aromatic amines is 1. The number of aromatic nitrogens is 3. The molecule has 2 aromatic rings. The molecule has 0 amide bonds. The highest BCUT2D eigenvalue weighted by molar-refractivity contribution is 5.60. The maximum atomic E-state index is 4.25. The van der Waals surface area contributed by atoms with Crippen LogP contribution in [0.2, 0.25) is 0 Å². The van der Waals surface area contributed by atoms with Crippen molar-refractivity contribution in [3.8, 4) is 11.3 Å². The maximum absolute atomic E-state index is 4.25. The molecule has 2 N–H and O–H groups in total. The number of hydrogen-bond acceptors (Lipinski definition) is 4. The van der Waals surface area contributed by atoms with Crippen molar-refractivity contribution in [2.75, 3.05) is 20.1 Å². The lowest BCUT2D eigenvalue weighted by atomic mass is 10.1. The smallest absolute Gasteiger partial charge is 0.117 e. The molecular weight excluding hydrogens is 250 g/mol. The van der Waals surface area contributed by atoms with E-state index in [9.17, 15) is 0 Å². The summed E-state index contributed by atoms with van der Waals surface area (Å²) < 4.78 is 0. The fourth-order valence-electron chi connectivity index (χ4n) is 2.36. The first kappa shape index (κ1) is 13.3. The number of nitrogens with one attached hydrogen (secondary N) is 2. The van der Waals surface area contributed by atoms with Crippen LogP contribution in [0.25, 0.3) is 11.3 Å². The highest BCUT2D eigenvalue weighted by Crippen LogP contribution is 2.24.